The van der Waals surface area contributed by atoms with Crippen LogP contribution in [0.25, 0.3) is 0 Å². The molecule has 29 heavy (non-hydrogen) atoms. The predicted molar refractivity (Wildman–Crippen MR) is 111 cm³/mol. The molecule has 0 unspecified atom stereocenters. The highest BCUT2D eigenvalue weighted by Gasteiger charge is 2.53. The molecular weight excluding hydrogens is 366 g/mol. The number of hydrogen-bond donors (Lipinski definition) is 0. The fourth-order valence-electron chi connectivity index (χ4n) is 5.28. The van der Waals surface area contributed by atoms with Crippen molar-refractivity contribution in [3.05, 3.63) is 41.6 Å². The minimum absolute atomic E-state index is 0.284. The smallest absolute Gasteiger partial charge is 0.229 e. The third kappa shape index (κ3) is 4.12. The largest absolute Gasteiger partial charge is 0.465 e. The third-order valence-electron chi connectivity index (χ3n) is 6.51. The second-order valence-electron chi connectivity index (χ2n) is 9.10. The first-order valence-corrected chi connectivity index (χ1v) is 10.5. The first kappa shape index (κ1) is 20.2. The van der Waals surface area contributed by atoms with Crippen molar-refractivity contribution < 1.29 is 9.21 Å². The number of hydrogen-bond acceptors (Lipinski definition) is 5. The van der Waals surface area contributed by atoms with E-state index in [4.69, 9.17) is 4.42 Å². The Labute approximate surface area is 173 Å². The van der Waals surface area contributed by atoms with E-state index < -0.39 is 0 Å². The van der Waals surface area contributed by atoms with Gasteiger partial charge in [0, 0.05) is 59.1 Å². The Bertz CT molecular complexity index is 857. The molecule has 0 saturated carbocycles. The summed E-state index contributed by atoms with van der Waals surface area (Å²) in [5.41, 5.74) is 0.916. The van der Waals surface area contributed by atoms with Crippen molar-refractivity contribution in [3.63, 3.8) is 0 Å². The molecule has 0 spiro atoms. The number of carbonyl (C=O) groups excluding carboxylic acids is 1. The molecule has 4 rings (SSSR count). The van der Waals surface area contributed by atoms with Crippen LogP contribution in [-0.2, 0) is 24.9 Å². The maximum atomic E-state index is 13.4. The van der Waals surface area contributed by atoms with E-state index in [0.29, 0.717) is 5.92 Å². The molecule has 0 radical (unpaired) electrons. The van der Waals surface area contributed by atoms with Gasteiger partial charge in [0.25, 0.3) is 0 Å². The van der Waals surface area contributed by atoms with Gasteiger partial charge in [-0.1, -0.05) is 0 Å². The van der Waals surface area contributed by atoms with Gasteiger partial charge in [0.2, 0.25) is 5.91 Å². The van der Waals surface area contributed by atoms with Crippen molar-refractivity contribution >= 4 is 5.91 Å². The van der Waals surface area contributed by atoms with Crippen LogP contribution in [0.1, 0.15) is 29.9 Å². The summed E-state index contributed by atoms with van der Waals surface area (Å²) < 4.78 is 7.66. The van der Waals surface area contributed by atoms with E-state index in [-0.39, 0.29) is 11.3 Å². The van der Waals surface area contributed by atoms with Crippen LogP contribution in [0.5, 0.6) is 0 Å². The maximum Gasteiger partial charge on any atom is 0.229 e. The summed E-state index contributed by atoms with van der Waals surface area (Å²) in [6, 6.07) is 4.10. The number of amides is 1. The quantitative estimate of drug-likeness (QED) is 0.771. The monoisotopic (exact) mass is 399 g/mol. The molecule has 158 valence electrons. The summed E-state index contributed by atoms with van der Waals surface area (Å²) in [4.78, 5) is 20.1. The zero-order valence-corrected chi connectivity index (χ0v) is 18.1. The van der Waals surface area contributed by atoms with Gasteiger partial charge < -0.3 is 9.32 Å². The normalized spacial score (nSPS) is 25.7. The molecule has 2 fully saturated rings. The predicted octanol–water partition coefficient (Wildman–Crippen LogP) is 2.12. The molecule has 2 saturated heterocycles. The summed E-state index contributed by atoms with van der Waals surface area (Å²) in [5, 5.41) is 4.30. The molecule has 2 aliphatic heterocycles. The van der Waals surface area contributed by atoms with E-state index in [9.17, 15) is 4.79 Å². The Morgan fingerprint density at radius 1 is 1.28 bits per heavy atom. The highest BCUT2D eigenvalue weighted by molar-refractivity contribution is 5.83. The van der Waals surface area contributed by atoms with Gasteiger partial charge >= 0.3 is 0 Å². The summed E-state index contributed by atoms with van der Waals surface area (Å²) in [6.07, 6.45) is 5.99. The summed E-state index contributed by atoms with van der Waals surface area (Å²) in [5.74, 6) is 2.58. The Balaban J connectivity index is 1.53. The van der Waals surface area contributed by atoms with Gasteiger partial charge in [0.05, 0.1) is 18.2 Å². The first-order valence-electron chi connectivity index (χ1n) is 10.5. The lowest BCUT2D eigenvalue weighted by atomic mass is 9.74. The molecule has 4 heterocycles. The topological polar surface area (TPSA) is 57.8 Å². The zero-order valence-electron chi connectivity index (χ0n) is 18.1. The lowest BCUT2D eigenvalue weighted by Crippen LogP contribution is -2.47. The Kier molecular flexibility index (Phi) is 5.53. The molecule has 0 N–H and O–H groups in total. The van der Waals surface area contributed by atoms with E-state index in [0.717, 1.165) is 63.6 Å². The molecule has 2 aromatic heterocycles. The fraction of sp³-hybridized carbons (Fsp3) is 0.636. The highest BCUT2D eigenvalue weighted by atomic mass is 16.3. The van der Waals surface area contributed by atoms with Crippen molar-refractivity contribution in [1.82, 2.24) is 24.5 Å². The second-order valence-corrected chi connectivity index (χ2v) is 9.10. The van der Waals surface area contributed by atoms with Crippen LogP contribution in [0.15, 0.2) is 28.9 Å². The van der Waals surface area contributed by atoms with Crippen molar-refractivity contribution in [2.75, 3.05) is 40.3 Å². The maximum absolute atomic E-state index is 13.4. The van der Waals surface area contributed by atoms with Gasteiger partial charge in [-0.2, -0.15) is 5.10 Å². The molecule has 0 aromatic carbocycles. The SMILES string of the molecule is Cc1ccc(CN2CCC[C@]3(C(=O)N(C)C)CN(Cc4cnn(C)c4)C[C@@H]3C2)o1. The van der Waals surface area contributed by atoms with Gasteiger partial charge in [-0.25, -0.2) is 0 Å². The number of aryl methyl sites for hydroxylation is 2. The minimum Gasteiger partial charge on any atom is -0.465 e. The number of rotatable bonds is 5. The van der Waals surface area contributed by atoms with Crippen LogP contribution < -0.4 is 0 Å². The van der Waals surface area contributed by atoms with Gasteiger partial charge in [-0.3, -0.25) is 19.3 Å². The Hall–Kier alpha value is -2.12. The molecule has 0 aliphatic carbocycles. The Morgan fingerprint density at radius 3 is 2.72 bits per heavy atom. The van der Waals surface area contributed by atoms with Crippen LogP contribution in [0.2, 0.25) is 0 Å². The fourth-order valence-corrected chi connectivity index (χ4v) is 5.28. The average molecular weight is 400 g/mol. The molecule has 7 nitrogen and oxygen atoms in total. The summed E-state index contributed by atoms with van der Waals surface area (Å²) in [6.45, 7) is 7.38. The lowest BCUT2D eigenvalue weighted by molar-refractivity contribution is -0.141. The van der Waals surface area contributed by atoms with E-state index >= 15 is 0 Å². The van der Waals surface area contributed by atoms with Crippen LogP contribution >= 0.6 is 0 Å². The van der Waals surface area contributed by atoms with Gasteiger partial charge in [0.15, 0.2) is 0 Å². The molecule has 2 aliphatic rings. The second kappa shape index (κ2) is 7.95. The number of fused-ring (bicyclic) bond motifs is 1. The first-order chi connectivity index (χ1) is 13.9. The van der Waals surface area contributed by atoms with Gasteiger partial charge in [0.1, 0.15) is 11.5 Å². The number of carbonyl (C=O) groups is 1. The number of likely N-dealkylation sites (tertiary alicyclic amines) is 2. The van der Waals surface area contributed by atoms with E-state index in [1.165, 1.54) is 5.56 Å². The molecule has 2 aromatic rings. The molecular formula is C22H33N5O2. The highest BCUT2D eigenvalue weighted by Crippen LogP contribution is 2.44. The van der Waals surface area contributed by atoms with Crippen LogP contribution in [-0.4, -0.2) is 70.7 Å². The number of nitrogens with zero attached hydrogens (tertiary/aromatic N) is 5. The van der Waals surface area contributed by atoms with Gasteiger partial charge in [-0.15, -0.1) is 0 Å². The molecule has 1 amide bonds. The van der Waals surface area contributed by atoms with Crippen molar-refractivity contribution in [2.45, 2.75) is 32.9 Å². The van der Waals surface area contributed by atoms with Gasteiger partial charge in [-0.05, 0) is 44.4 Å². The van der Waals surface area contributed by atoms with E-state index in [1.807, 2.05) is 45.0 Å². The van der Waals surface area contributed by atoms with Crippen LogP contribution in [0, 0.1) is 18.3 Å². The van der Waals surface area contributed by atoms with Crippen LogP contribution in [0.3, 0.4) is 0 Å². The van der Waals surface area contributed by atoms with E-state index in [1.54, 1.807) is 4.90 Å². The van der Waals surface area contributed by atoms with Crippen molar-refractivity contribution in [3.8, 4) is 0 Å². The average Bonchev–Trinajstić information content (AvgIpc) is 3.32. The lowest BCUT2D eigenvalue weighted by Gasteiger charge is -2.35. The standard InChI is InChI=1S/C22H33N5O2/c1-17-6-7-20(29-17)15-26-9-5-8-22(21(28)24(2)3)16-27(14-19(22)13-26)12-18-10-23-25(4)11-18/h6-7,10-11,19H,5,8-9,12-16H2,1-4H3/t19-,22-/m0/s1. The number of aromatic nitrogens is 2. The zero-order chi connectivity index (χ0) is 20.6. The number of furan rings is 1. The molecule has 2 atom stereocenters. The van der Waals surface area contributed by atoms with Crippen molar-refractivity contribution in [1.29, 1.82) is 0 Å². The van der Waals surface area contributed by atoms with Crippen molar-refractivity contribution in [2.24, 2.45) is 18.4 Å². The molecule has 0 bridgehead atoms. The van der Waals surface area contributed by atoms with Crippen LogP contribution in [0.4, 0.5) is 0 Å². The van der Waals surface area contributed by atoms with E-state index in [2.05, 4.69) is 27.2 Å². The minimum atomic E-state index is -0.292. The summed E-state index contributed by atoms with van der Waals surface area (Å²) >= 11 is 0. The summed E-state index contributed by atoms with van der Waals surface area (Å²) in [7, 11) is 5.74. The Morgan fingerprint density at radius 2 is 2.07 bits per heavy atom. The third-order valence-corrected chi connectivity index (χ3v) is 6.51. The molecule has 7 heteroatoms.